The molecule has 0 aliphatic heterocycles. The summed E-state index contributed by atoms with van der Waals surface area (Å²) in [5, 5.41) is 0. The maximum atomic E-state index is 10.6. The van der Waals surface area contributed by atoms with Crippen LogP contribution in [0.15, 0.2) is 36.4 Å². The minimum atomic E-state index is 0.500. The highest BCUT2D eigenvalue weighted by Gasteiger charge is 2.21. The Morgan fingerprint density at radius 1 is 1.09 bits per heavy atom. The first kappa shape index (κ1) is 16.9. The van der Waals surface area contributed by atoms with Gasteiger partial charge in [-0.05, 0) is 18.9 Å². The Bertz CT molecular complexity index is 682. The van der Waals surface area contributed by atoms with Gasteiger partial charge in [-0.1, -0.05) is 37.3 Å². The van der Waals surface area contributed by atoms with Crippen molar-refractivity contribution in [3.63, 3.8) is 0 Å². The first-order valence-corrected chi connectivity index (χ1v) is 7.92. The Kier molecular flexibility index (Phi) is 6.07. The molecule has 23 heavy (non-hydrogen) atoms. The molecule has 0 radical (unpaired) electrons. The number of aromatic nitrogens is 1. The van der Waals surface area contributed by atoms with Gasteiger partial charge in [0.25, 0.3) is 0 Å². The fourth-order valence-electron chi connectivity index (χ4n) is 2.70. The quantitative estimate of drug-likeness (QED) is 0.700. The molecule has 0 atom stereocenters. The molecule has 0 saturated heterocycles. The number of nitrogens with zero attached hydrogens (tertiary/aromatic N) is 1. The summed E-state index contributed by atoms with van der Waals surface area (Å²) in [6.07, 6.45) is 2.80. The second-order valence-corrected chi connectivity index (χ2v) is 5.21. The van der Waals surface area contributed by atoms with E-state index in [1.54, 1.807) is 0 Å². The van der Waals surface area contributed by atoms with Gasteiger partial charge in [0, 0.05) is 30.7 Å². The topological polar surface area (TPSA) is 40.5 Å². The normalized spacial score (nSPS) is 10.2. The van der Waals surface area contributed by atoms with Crippen LogP contribution in [0.1, 0.15) is 30.5 Å². The molecule has 122 valence electrons. The van der Waals surface area contributed by atoms with Crippen LogP contribution in [0.5, 0.6) is 11.8 Å². The zero-order valence-corrected chi connectivity index (χ0v) is 14.0. The Hall–Kier alpha value is -2.45. The summed E-state index contributed by atoms with van der Waals surface area (Å²) in [5.74, 6) is 3.41. The highest BCUT2D eigenvalue weighted by molar-refractivity contribution is 5.52. The first-order valence-electron chi connectivity index (χ1n) is 7.92. The average Bonchev–Trinajstić information content (AvgIpc) is 2.83. The van der Waals surface area contributed by atoms with E-state index < -0.39 is 0 Å². The SMILES string of the molecule is CCOc1c(CC=C=O)c(CC)c(OCc2ccccc2)n1C. The van der Waals surface area contributed by atoms with Crippen molar-refractivity contribution in [3.8, 4) is 11.8 Å². The molecule has 0 N–H and O–H groups in total. The van der Waals surface area contributed by atoms with E-state index in [2.05, 4.69) is 6.92 Å². The van der Waals surface area contributed by atoms with Gasteiger partial charge < -0.3 is 9.47 Å². The summed E-state index contributed by atoms with van der Waals surface area (Å²) in [7, 11) is 1.93. The van der Waals surface area contributed by atoms with Gasteiger partial charge >= 0.3 is 0 Å². The smallest absolute Gasteiger partial charge is 0.200 e. The van der Waals surface area contributed by atoms with Crippen LogP contribution in [0.2, 0.25) is 0 Å². The Labute approximate surface area is 137 Å². The Balaban J connectivity index is 2.35. The molecule has 1 aromatic heterocycles. The predicted molar refractivity (Wildman–Crippen MR) is 90.7 cm³/mol. The zero-order valence-electron chi connectivity index (χ0n) is 14.0. The number of carbonyl (C=O) groups excluding carboxylic acids is 1. The fourth-order valence-corrected chi connectivity index (χ4v) is 2.70. The lowest BCUT2D eigenvalue weighted by Crippen LogP contribution is -2.03. The van der Waals surface area contributed by atoms with Crippen LogP contribution in [-0.4, -0.2) is 17.1 Å². The molecule has 0 saturated carbocycles. The van der Waals surface area contributed by atoms with Crippen molar-refractivity contribution >= 4 is 5.94 Å². The number of hydrogen-bond donors (Lipinski definition) is 0. The van der Waals surface area contributed by atoms with Crippen molar-refractivity contribution in [1.29, 1.82) is 0 Å². The molecule has 0 fully saturated rings. The van der Waals surface area contributed by atoms with E-state index in [1.165, 1.54) is 6.08 Å². The second-order valence-electron chi connectivity index (χ2n) is 5.21. The van der Waals surface area contributed by atoms with Gasteiger partial charge in [-0.25, -0.2) is 4.79 Å². The number of rotatable bonds is 8. The monoisotopic (exact) mass is 313 g/mol. The molecule has 2 rings (SSSR count). The lowest BCUT2D eigenvalue weighted by Gasteiger charge is -2.10. The van der Waals surface area contributed by atoms with Crippen molar-refractivity contribution < 1.29 is 14.3 Å². The van der Waals surface area contributed by atoms with Crippen molar-refractivity contribution in [3.05, 3.63) is 53.1 Å². The molecule has 0 bridgehead atoms. The molecule has 4 nitrogen and oxygen atoms in total. The summed E-state index contributed by atoms with van der Waals surface area (Å²) in [6, 6.07) is 10.1. The molecular formula is C19H23NO3. The van der Waals surface area contributed by atoms with Crippen molar-refractivity contribution in [2.24, 2.45) is 7.05 Å². The largest absolute Gasteiger partial charge is 0.479 e. The third-order valence-corrected chi connectivity index (χ3v) is 3.73. The van der Waals surface area contributed by atoms with Gasteiger partial charge in [0.05, 0.1) is 6.61 Å². The van der Waals surface area contributed by atoms with Gasteiger partial charge in [0.15, 0.2) is 11.8 Å². The molecule has 1 heterocycles. The minimum Gasteiger partial charge on any atom is -0.479 e. The van der Waals surface area contributed by atoms with E-state index in [-0.39, 0.29) is 0 Å². The number of allylic oxidation sites excluding steroid dienone is 1. The molecular weight excluding hydrogens is 290 g/mol. The van der Waals surface area contributed by atoms with E-state index in [1.807, 2.05) is 54.8 Å². The third-order valence-electron chi connectivity index (χ3n) is 3.73. The van der Waals surface area contributed by atoms with E-state index in [9.17, 15) is 4.79 Å². The maximum Gasteiger partial charge on any atom is 0.200 e. The minimum absolute atomic E-state index is 0.500. The zero-order chi connectivity index (χ0) is 16.7. The van der Waals surface area contributed by atoms with E-state index in [0.29, 0.717) is 19.6 Å². The predicted octanol–water partition coefficient (Wildman–Crippen LogP) is 3.50. The van der Waals surface area contributed by atoms with E-state index in [4.69, 9.17) is 9.47 Å². The van der Waals surface area contributed by atoms with Gasteiger partial charge in [-0.15, -0.1) is 0 Å². The van der Waals surface area contributed by atoms with Crippen LogP contribution < -0.4 is 9.47 Å². The van der Waals surface area contributed by atoms with Gasteiger partial charge in [-0.3, -0.25) is 4.57 Å². The molecule has 1 aromatic carbocycles. The molecule has 0 unspecified atom stereocenters. The van der Waals surface area contributed by atoms with Gasteiger partial charge in [-0.2, -0.15) is 0 Å². The molecule has 0 aliphatic rings. The average molecular weight is 313 g/mol. The second kappa shape index (κ2) is 8.25. The molecule has 0 aliphatic carbocycles. The summed E-state index contributed by atoms with van der Waals surface area (Å²) in [6.45, 7) is 5.09. The fraction of sp³-hybridized carbons (Fsp3) is 0.368. The van der Waals surface area contributed by atoms with Crippen LogP contribution in [0.3, 0.4) is 0 Å². The standard InChI is InChI=1S/C19H23NO3/c1-4-16-17(12-9-13-21)19(22-5-2)20(3)18(16)23-14-15-10-7-6-8-11-15/h6-11H,4-5,12,14H2,1-3H3. The maximum absolute atomic E-state index is 10.6. The van der Waals surface area contributed by atoms with Crippen LogP contribution in [0.25, 0.3) is 0 Å². The lowest BCUT2D eigenvalue weighted by molar-refractivity contribution is 0.264. The third kappa shape index (κ3) is 3.85. The summed E-state index contributed by atoms with van der Waals surface area (Å²) in [5.41, 5.74) is 3.20. The molecule has 4 heteroatoms. The van der Waals surface area contributed by atoms with Crippen molar-refractivity contribution in [1.82, 2.24) is 4.57 Å². The highest BCUT2D eigenvalue weighted by atomic mass is 16.5. The van der Waals surface area contributed by atoms with E-state index >= 15 is 0 Å². The summed E-state index contributed by atoms with van der Waals surface area (Å²) >= 11 is 0. The first-order chi connectivity index (χ1) is 11.2. The lowest BCUT2D eigenvalue weighted by atomic mass is 10.1. The van der Waals surface area contributed by atoms with Crippen LogP contribution in [0.4, 0.5) is 0 Å². The summed E-state index contributed by atoms with van der Waals surface area (Å²) < 4.78 is 13.8. The van der Waals surface area contributed by atoms with E-state index in [0.717, 1.165) is 34.9 Å². The van der Waals surface area contributed by atoms with Crippen LogP contribution >= 0.6 is 0 Å². The number of ether oxygens (including phenoxy) is 2. The van der Waals surface area contributed by atoms with Gasteiger partial charge in [0.2, 0.25) is 0 Å². The molecule has 2 aromatic rings. The van der Waals surface area contributed by atoms with Gasteiger partial charge in [0.1, 0.15) is 12.5 Å². The number of hydrogen-bond acceptors (Lipinski definition) is 3. The van der Waals surface area contributed by atoms with Crippen molar-refractivity contribution in [2.75, 3.05) is 6.61 Å². The molecule has 0 amide bonds. The molecule has 0 spiro atoms. The Morgan fingerprint density at radius 2 is 1.78 bits per heavy atom. The summed E-state index contributed by atoms with van der Waals surface area (Å²) in [4.78, 5) is 10.6. The van der Waals surface area contributed by atoms with Crippen molar-refractivity contribution in [2.45, 2.75) is 33.3 Å². The number of benzene rings is 1. The van der Waals surface area contributed by atoms with Crippen LogP contribution in [-0.2, 0) is 31.3 Å². The highest BCUT2D eigenvalue weighted by Crippen LogP contribution is 2.35. The Morgan fingerprint density at radius 3 is 2.39 bits per heavy atom. The van der Waals surface area contributed by atoms with Crippen LogP contribution in [0, 0.1) is 0 Å².